The number of nitrogens with one attached hydrogen (secondary N) is 3. The average molecular weight is 695 g/mol. The molecule has 2 aromatic heterocycles. The first kappa shape index (κ1) is 35.8. The fourth-order valence-corrected chi connectivity index (χ4v) is 7.76. The Bertz CT molecular complexity index is 1810. The van der Waals surface area contributed by atoms with Crippen LogP contribution in [-0.2, 0) is 9.59 Å². The van der Waals surface area contributed by atoms with Crippen LogP contribution < -0.4 is 5.32 Å². The van der Waals surface area contributed by atoms with Gasteiger partial charge < -0.3 is 30.2 Å². The Morgan fingerprint density at radius 1 is 0.765 bits per heavy atom. The van der Waals surface area contributed by atoms with Crippen molar-refractivity contribution in [1.29, 1.82) is 0 Å². The second-order valence-electron chi connectivity index (χ2n) is 14.0. The predicted molar refractivity (Wildman–Crippen MR) is 197 cm³/mol. The number of H-pyrrole nitrogens is 2. The van der Waals surface area contributed by atoms with Gasteiger partial charge in [0.1, 0.15) is 17.7 Å². The third kappa shape index (κ3) is 7.56. The predicted octanol–water partition coefficient (Wildman–Crippen LogP) is 6.48. The van der Waals surface area contributed by atoms with Gasteiger partial charge in [0.05, 0.1) is 41.9 Å². The summed E-state index contributed by atoms with van der Waals surface area (Å²) in [6.45, 7) is 13.1. The first-order valence-electron chi connectivity index (χ1n) is 18.2. The number of aromatic amines is 2. The Kier molecular flexibility index (Phi) is 10.9. The number of benzene rings is 2. The molecule has 4 heterocycles. The zero-order chi connectivity index (χ0) is 36.2. The highest BCUT2D eigenvalue weighted by Crippen LogP contribution is 2.35. The lowest BCUT2D eigenvalue weighted by atomic mass is 10.00. The molecule has 12 heteroatoms. The summed E-state index contributed by atoms with van der Waals surface area (Å²) >= 11 is 0. The van der Waals surface area contributed by atoms with E-state index >= 15 is 0 Å². The highest BCUT2D eigenvalue weighted by atomic mass is 16.4. The van der Waals surface area contributed by atoms with Crippen molar-refractivity contribution in [3.8, 4) is 33.6 Å². The minimum atomic E-state index is -1.22. The van der Waals surface area contributed by atoms with Gasteiger partial charge in [-0.1, -0.05) is 76.2 Å². The molecule has 4 aromatic rings. The van der Waals surface area contributed by atoms with Gasteiger partial charge in [0.25, 0.3) is 0 Å². The zero-order valence-electron chi connectivity index (χ0n) is 30.2. The van der Waals surface area contributed by atoms with Crippen LogP contribution in [0, 0.1) is 5.92 Å². The highest BCUT2D eigenvalue weighted by Gasteiger charge is 2.38. The Morgan fingerprint density at radius 3 is 1.61 bits per heavy atom. The lowest BCUT2D eigenvalue weighted by molar-refractivity contribution is -0.139. The van der Waals surface area contributed by atoms with E-state index < -0.39 is 12.1 Å². The number of amides is 3. The van der Waals surface area contributed by atoms with Gasteiger partial charge >= 0.3 is 6.09 Å². The number of hydrogen-bond acceptors (Lipinski definition) is 6. The highest BCUT2D eigenvalue weighted by molar-refractivity contribution is 5.85. The van der Waals surface area contributed by atoms with E-state index in [0.29, 0.717) is 12.4 Å². The largest absolute Gasteiger partial charge is 0.465 e. The number of carbonyl (C=O) groups is 3. The second-order valence-corrected chi connectivity index (χ2v) is 14.0. The van der Waals surface area contributed by atoms with Gasteiger partial charge in [-0.3, -0.25) is 14.5 Å². The summed E-state index contributed by atoms with van der Waals surface area (Å²) in [4.78, 5) is 60.1. The molecule has 12 nitrogen and oxygen atoms in total. The molecule has 2 aliphatic heterocycles. The molecule has 0 unspecified atom stereocenters. The van der Waals surface area contributed by atoms with Crippen molar-refractivity contribution in [3.05, 3.63) is 72.6 Å². The first-order valence-corrected chi connectivity index (χ1v) is 18.2. The number of likely N-dealkylation sites (tertiary alicyclic amines) is 2. The van der Waals surface area contributed by atoms with Crippen molar-refractivity contribution in [3.63, 3.8) is 0 Å². The van der Waals surface area contributed by atoms with Gasteiger partial charge in [0, 0.05) is 13.1 Å². The number of carbonyl (C=O) groups excluding carboxylic acids is 2. The zero-order valence-corrected chi connectivity index (χ0v) is 30.2. The van der Waals surface area contributed by atoms with Crippen LogP contribution in [0.5, 0.6) is 0 Å². The molecule has 2 saturated heterocycles. The molecule has 0 radical (unpaired) electrons. The molecular formula is C39H50N8O4. The lowest BCUT2D eigenvalue weighted by Gasteiger charge is -2.36. The molecule has 0 aliphatic carbocycles. The standard InChI is InChI=1S/C39H50N8O4/c1-6-45(7-2)34(24(3)4)38(49)47-21-9-11-33(47)36-41-23-31(44-36)29-18-14-27(15-19-29)26-12-16-28(17-13-26)30-22-40-35(43-30)32-10-8-20-46(32)37(48)25(5)42-39(50)51/h12-19,22-25,32-34,42H,6-11,20-21H2,1-5H3,(H,40,43)(H,41,44)(H,50,51)/t25-,32-,33-,34+/m0/s1. The van der Waals surface area contributed by atoms with Crippen molar-refractivity contribution in [1.82, 2.24) is 40.0 Å². The molecule has 2 aliphatic rings. The number of aromatic nitrogens is 4. The molecule has 51 heavy (non-hydrogen) atoms. The Hall–Kier alpha value is -4.97. The minimum absolute atomic E-state index is 0.0452. The Labute approximate surface area is 299 Å². The summed E-state index contributed by atoms with van der Waals surface area (Å²) in [5, 5.41) is 11.3. The summed E-state index contributed by atoms with van der Waals surface area (Å²) in [5.74, 6) is 1.72. The van der Waals surface area contributed by atoms with Gasteiger partial charge in [-0.15, -0.1) is 0 Å². The van der Waals surface area contributed by atoms with E-state index in [-0.39, 0.29) is 35.9 Å². The molecule has 2 aromatic carbocycles. The number of rotatable bonds is 12. The van der Waals surface area contributed by atoms with Crippen LogP contribution in [0.3, 0.4) is 0 Å². The molecule has 4 N–H and O–H groups in total. The Morgan fingerprint density at radius 2 is 1.20 bits per heavy atom. The maximum Gasteiger partial charge on any atom is 0.405 e. The van der Waals surface area contributed by atoms with E-state index in [1.54, 1.807) is 18.0 Å². The molecule has 0 saturated carbocycles. The van der Waals surface area contributed by atoms with Crippen molar-refractivity contribution < 1.29 is 19.5 Å². The smallest absolute Gasteiger partial charge is 0.405 e. The first-order chi connectivity index (χ1) is 24.6. The van der Waals surface area contributed by atoms with Gasteiger partial charge in [-0.2, -0.15) is 0 Å². The summed E-state index contributed by atoms with van der Waals surface area (Å²) in [5.41, 5.74) is 5.96. The van der Waals surface area contributed by atoms with Crippen molar-refractivity contribution in [2.45, 2.75) is 84.5 Å². The lowest BCUT2D eigenvalue weighted by Crippen LogP contribution is -2.51. The Balaban J connectivity index is 1.11. The maximum atomic E-state index is 13.8. The van der Waals surface area contributed by atoms with Gasteiger partial charge in [0.2, 0.25) is 11.8 Å². The fourth-order valence-electron chi connectivity index (χ4n) is 7.76. The molecule has 0 spiro atoms. The number of hydrogen-bond donors (Lipinski definition) is 4. The van der Waals surface area contributed by atoms with E-state index in [2.05, 4.69) is 101 Å². The minimum Gasteiger partial charge on any atom is -0.465 e. The van der Waals surface area contributed by atoms with E-state index in [1.807, 2.05) is 11.1 Å². The second kappa shape index (κ2) is 15.5. The summed E-state index contributed by atoms with van der Waals surface area (Å²) in [7, 11) is 0. The maximum absolute atomic E-state index is 13.8. The van der Waals surface area contributed by atoms with Crippen LogP contribution in [0.25, 0.3) is 33.6 Å². The number of imidazole rings is 2. The van der Waals surface area contributed by atoms with Crippen molar-refractivity contribution >= 4 is 17.9 Å². The monoisotopic (exact) mass is 694 g/mol. The van der Waals surface area contributed by atoms with E-state index in [0.717, 1.165) is 84.8 Å². The summed E-state index contributed by atoms with van der Waals surface area (Å²) in [6, 6.07) is 15.4. The summed E-state index contributed by atoms with van der Waals surface area (Å²) in [6.07, 6.45) is 5.91. The molecule has 4 atom stereocenters. The van der Waals surface area contributed by atoms with Crippen molar-refractivity contribution in [2.24, 2.45) is 5.92 Å². The number of carboxylic acid groups (broad SMARTS) is 1. The van der Waals surface area contributed by atoms with Crippen LogP contribution >= 0.6 is 0 Å². The van der Waals surface area contributed by atoms with Crippen LogP contribution in [0.15, 0.2) is 60.9 Å². The molecule has 3 amide bonds. The third-order valence-corrected chi connectivity index (χ3v) is 10.4. The SMILES string of the molecule is CCN(CC)[C@@H](C(=O)N1CCC[C@H]1c1ncc(-c2ccc(-c3ccc(-c4cnc([C@@H]5CCCN5C(=O)[C@H](C)NC(=O)O)[nH]4)cc3)cc2)[nH]1)C(C)C. The van der Waals surface area contributed by atoms with Crippen LogP contribution in [0.1, 0.15) is 84.0 Å². The topological polar surface area (TPSA) is 151 Å². The average Bonchev–Trinajstić information content (AvgIpc) is 3.96. The van der Waals surface area contributed by atoms with Gasteiger partial charge in [-0.25, -0.2) is 14.8 Å². The van der Waals surface area contributed by atoms with Crippen molar-refractivity contribution in [2.75, 3.05) is 26.2 Å². The van der Waals surface area contributed by atoms with Crippen LogP contribution in [0.4, 0.5) is 4.79 Å². The molecule has 270 valence electrons. The summed E-state index contributed by atoms with van der Waals surface area (Å²) < 4.78 is 0. The molecule has 2 fully saturated rings. The molecular weight excluding hydrogens is 644 g/mol. The number of nitrogens with zero attached hydrogens (tertiary/aromatic N) is 5. The van der Waals surface area contributed by atoms with Gasteiger partial charge in [0.15, 0.2) is 0 Å². The van der Waals surface area contributed by atoms with E-state index in [4.69, 9.17) is 10.1 Å². The normalized spacial score (nSPS) is 18.8. The quantitative estimate of drug-likeness (QED) is 0.133. The fraction of sp³-hybridized carbons (Fsp3) is 0.462. The van der Waals surface area contributed by atoms with Crippen LogP contribution in [0.2, 0.25) is 0 Å². The van der Waals surface area contributed by atoms with Gasteiger partial charge in [-0.05, 0) is 73.9 Å². The van der Waals surface area contributed by atoms with E-state index in [9.17, 15) is 14.4 Å². The van der Waals surface area contributed by atoms with E-state index in [1.165, 1.54) is 0 Å². The van der Waals surface area contributed by atoms with Crippen LogP contribution in [-0.4, -0.2) is 95.9 Å². The molecule has 0 bridgehead atoms. The number of likely N-dealkylation sites (N-methyl/N-ethyl adjacent to an activating group) is 1. The third-order valence-electron chi connectivity index (χ3n) is 10.4. The molecule has 6 rings (SSSR count).